The molecule has 100 valence electrons. The van der Waals surface area contributed by atoms with Crippen molar-refractivity contribution >= 4 is 15.9 Å². The molecule has 0 aliphatic carbocycles. The summed E-state index contributed by atoms with van der Waals surface area (Å²) in [7, 11) is 0. The Balaban J connectivity index is 2.00. The molecule has 2 aromatic rings. The third-order valence-corrected chi connectivity index (χ3v) is 3.40. The molecular weight excluding hydrogens is 309 g/mol. The maximum Gasteiger partial charge on any atom is 0.137 e. The molecular formula is C15H15BrFNO. The number of rotatable bonds is 4. The second-order valence-electron chi connectivity index (χ2n) is 4.39. The predicted molar refractivity (Wildman–Crippen MR) is 77.5 cm³/mol. The van der Waals surface area contributed by atoms with Gasteiger partial charge < -0.3 is 10.5 Å². The van der Waals surface area contributed by atoms with E-state index in [9.17, 15) is 4.39 Å². The monoisotopic (exact) mass is 323 g/mol. The Kier molecular flexibility index (Phi) is 4.56. The van der Waals surface area contributed by atoms with Gasteiger partial charge in [0.25, 0.3) is 0 Å². The summed E-state index contributed by atoms with van der Waals surface area (Å²) in [6.45, 7) is 2.34. The van der Waals surface area contributed by atoms with Crippen LogP contribution < -0.4 is 10.5 Å². The van der Waals surface area contributed by atoms with Crippen molar-refractivity contribution in [2.45, 2.75) is 19.6 Å². The van der Waals surface area contributed by atoms with Crippen molar-refractivity contribution in [2.24, 2.45) is 5.73 Å². The van der Waals surface area contributed by atoms with Crippen molar-refractivity contribution in [3.63, 3.8) is 0 Å². The Morgan fingerprint density at radius 1 is 1.21 bits per heavy atom. The number of hydrogen-bond acceptors (Lipinski definition) is 2. The molecule has 0 saturated heterocycles. The molecule has 0 saturated carbocycles. The molecule has 0 amide bonds. The highest BCUT2D eigenvalue weighted by atomic mass is 79.9. The lowest BCUT2D eigenvalue weighted by molar-refractivity contribution is 0.306. The van der Waals surface area contributed by atoms with E-state index in [1.54, 1.807) is 12.1 Å². The predicted octanol–water partition coefficient (Wildman–Crippen LogP) is 4.19. The fraction of sp³-hybridized carbons (Fsp3) is 0.200. The topological polar surface area (TPSA) is 35.2 Å². The van der Waals surface area contributed by atoms with Gasteiger partial charge in [-0.05, 0) is 58.2 Å². The average Bonchev–Trinajstić information content (AvgIpc) is 2.40. The molecule has 2 N–H and O–H groups in total. The number of halogens is 2. The van der Waals surface area contributed by atoms with E-state index in [-0.39, 0.29) is 11.9 Å². The third-order valence-electron chi connectivity index (χ3n) is 2.80. The SMILES string of the molecule is C[C@@H](N)c1ccc(OCc2ccc(F)c(Br)c2)cc1. The first-order chi connectivity index (χ1) is 9.06. The minimum absolute atomic E-state index is 0.0158. The van der Waals surface area contributed by atoms with E-state index >= 15 is 0 Å². The Morgan fingerprint density at radius 2 is 1.89 bits per heavy atom. The highest BCUT2D eigenvalue weighted by Crippen LogP contribution is 2.20. The molecule has 0 spiro atoms. The Bertz CT molecular complexity index is 555. The molecule has 0 unspecified atom stereocenters. The molecule has 4 heteroatoms. The number of ether oxygens (including phenoxy) is 1. The standard InChI is InChI=1S/C15H15BrFNO/c1-10(18)12-3-5-13(6-4-12)19-9-11-2-7-15(17)14(16)8-11/h2-8,10H,9,18H2,1H3/t10-/m1/s1. The number of benzene rings is 2. The van der Waals surface area contributed by atoms with E-state index in [0.29, 0.717) is 11.1 Å². The lowest BCUT2D eigenvalue weighted by Gasteiger charge is -2.09. The van der Waals surface area contributed by atoms with Crippen LogP contribution in [0.2, 0.25) is 0 Å². The molecule has 1 atom stereocenters. The van der Waals surface area contributed by atoms with Crippen LogP contribution in [0.25, 0.3) is 0 Å². The van der Waals surface area contributed by atoms with Crippen molar-refractivity contribution in [1.29, 1.82) is 0 Å². The second kappa shape index (κ2) is 6.17. The second-order valence-corrected chi connectivity index (χ2v) is 5.25. The van der Waals surface area contributed by atoms with E-state index in [0.717, 1.165) is 16.9 Å². The molecule has 2 rings (SSSR count). The highest BCUT2D eigenvalue weighted by Gasteiger charge is 2.02. The first kappa shape index (κ1) is 14.0. The van der Waals surface area contributed by atoms with Crippen LogP contribution in [0.15, 0.2) is 46.9 Å². The molecule has 0 aromatic heterocycles. The van der Waals surface area contributed by atoms with Crippen LogP contribution in [0.1, 0.15) is 24.1 Å². The smallest absolute Gasteiger partial charge is 0.137 e. The van der Waals surface area contributed by atoms with Crippen molar-refractivity contribution in [3.8, 4) is 5.75 Å². The van der Waals surface area contributed by atoms with E-state index in [4.69, 9.17) is 10.5 Å². The Morgan fingerprint density at radius 3 is 2.47 bits per heavy atom. The summed E-state index contributed by atoms with van der Waals surface area (Å²) in [5.74, 6) is 0.495. The van der Waals surface area contributed by atoms with Crippen molar-refractivity contribution < 1.29 is 9.13 Å². The number of nitrogens with two attached hydrogens (primary N) is 1. The number of hydrogen-bond donors (Lipinski definition) is 1. The van der Waals surface area contributed by atoms with Gasteiger partial charge in [-0.1, -0.05) is 18.2 Å². The maximum absolute atomic E-state index is 13.1. The first-order valence-electron chi connectivity index (χ1n) is 5.98. The van der Waals surface area contributed by atoms with Crippen LogP contribution in [0.5, 0.6) is 5.75 Å². The van der Waals surface area contributed by atoms with Crippen molar-refractivity contribution in [3.05, 3.63) is 63.9 Å². The minimum Gasteiger partial charge on any atom is -0.489 e. The largest absolute Gasteiger partial charge is 0.489 e. The van der Waals surface area contributed by atoms with Gasteiger partial charge in [0.05, 0.1) is 4.47 Å². The van der Waals surface area contributed by atoms with Crippen LogP contribution in [0.3, 0.4) is 0 Å². The van der Waals surface area contributed by atoms with Gasteiger partial charge in [-0.3, -0.25) is 0 Å². The summed E-state index contributed by atoms with van der Waals surface area (Å²) < 4.78 is 19.2. The van der Waals surface area contributed by atoms with Crippen LogP contribution in [0, 0.1) is 5.82 Å². The van der Waals surface area contributed by atoms with Gasteiger partial charge in [0.1, 0.15) is 18.2 Å². The Labute approximate surface area is 120 Å². The average molecular weight is 324 g/mol. The molecule has 0 fully saturated rings. The molecule has 0 radical (unpaired) electrons. The van der Waals surface area contributed by atoms with Gasteiger partial charge in [0.2, 0.25) is 0 Å². The Hall–Kier alpha value is -1.39. The zero-order valence-electron chi connectivity index (χ0n) is 10.6. The highest BCUT2D eigenvalue weighted by molar-refractivity contribution is 9.10. The summed E-state index contributed by atoms with van der Waals surface area (Å²) >= 11 is 3.15. The van der Waals surface area contributed by atoms with Crippen LogP contribution >= 0.6 is 15.9 Å². The van der Waals surface area contributed by atoms with Crippen LogP contribution in [-0.4, -0.2) is 0 Å². The van der Waals surface area contributed by atoms with Gasteiger partial charge in [0.15, 0.2) is 0 Å². The van der Waals surface area contributed by atoms with Crippen molar-refractivity contribution in [1.82, 2.24) is 0 Å². The van der Waals surface area contributed by atoms with Crippen molar-refractivity contribution in [2.75, 3.05) is 0 Å². The zero-order valence-corrected chi connectivity index (χ0v) is 12.2. The summed E-state index contributed by atoms with van der Waals surface area (Å²) in [5, 5.41) is 0. The van der Waals surface area contributed by atoms with E-state index in [1.807, 2.05) is 31.2 Å². The minimum atomic E-state index is -0.273. The normalized spacial score (nSPS) is 12.2. The third kappa shape index (κ3) is 3.78. The van der Waals surface area contributed by atoms with Gasteiger partial charge in [-0.25, -0.2) is 4.39 Å². The summed E-state index contributed by atoms with van der Waals surface area (Å²) in [6, 6.07) is 12.5. The van der Waals surface area contributed by atoms with Gasteiger partial charge in [-0.15, -0.1) is 0 Å². The summed E-state index contributed by atoms with van der Waals surface area (Å²) in [6.07, 6.45) is 0. The molecule has 0 aliphatic heterocycles. The fourth-order valence-electron chi connectivity index (χ4n) is 1.66. The zero-order chi connectivity index (χ0) is 13.8. The first-order valence-corrected chi connectivity index (χ1v) is 6.78. The van der Waals surface area contributed by atoms with E-state index < -0.39 is 0 Å². The molecule has 0 aliphatic rings. The molecule has 0 bridgehead atoms. The van der Waals surface area contributed by atoms with Crippen LogP contribution in [-0.2, 0) is 6.61 Å². The van der Waals surface area contributed by atoms with Gasteiger partial charge in [0, 0.05) is 6.04 Å². The van der Waals surface area contributed by atoms with Gasteiger partial charge in [-0.2, -0.15) is 0 Å². The molecule has 0 heterocycles. The van der Waals surface area contributed by atoms with Gasteiger partial charge >= 0.3 is 0 Å². The van der Waals surface area contributed by atoms with E-state index in [1.165, 1.54) is 6.07 Å². The van der Waals surface area contributed by atoms with E-state index in [2.05, 4.69) is 15.9 Å². The quantitative estimate of drug-likeness (QED) is 0.915. The molecule has 19 heavy (non-hydrogen) atoms. The lowest BCUT2D eigenvalue weighted by Crippen LogP contribution is -2.04. The summed E-state index contributed by atoms with van der Waals surface area (Å²) in [4.78, 5) is 0. The fourth-order valence-corrected chi connectivity index (χ4v) is 2.09. The summed E-state index contributed by atoms with van der Waals surface area (Å²) in [5.41, 5.74) is 7.75. The molecule has 2 nitrogen and oxygen atoms in total. The lowest BCUT2D eigenvalue weighted by atomic mass is 10.1. The maximum atomic E-state index is 13.1. The molecule has 2 aromatic carbocycles. The van der Waals surface area contributed by atoms with Crippen LogP contribution in [0.4, 0.5) is 4.39 Å².